The lowest BCUT2D eigenvalue weighted by molar-refractivity contribution is -0.141. The Labute approximate surface area is 122 Å². The first-order chi connectivity index (χ1) is 9.45. The van der Waals surface area contributed by atoms with Gasteiger partial charge in [0.05, 0.1) is 6.42 Å². The molecule has 1 saturated carbocycles. The number of aliphatic carboxylic acids is 1. The van der Waals surface area contributed by atoms with Gasteiger partial charge in [0.15, 0.2) is 0 Å². The highest BCUT2D eigenvalue weighted by Gasteiger charge is 2.28. The molecule has 0 bridgehead atoms. The molecule has 0 spiro atoms. The van der Waals surface area contributed by atoms with E-state index in [4.69, 9.17) is 5.11 Å². The van der Waals surface area contributed by atoms with Crippen molar-refractivity contribution in [2.24, 2.45) is 11.8 Å². The van der Waals surface area contributed by atoms with Crippen LogP contribution in [0.4, 0.5) is 0 Å². The number of hydrogen-bond acceptors (Lipinski definition) is 2. The normalized spacial score (nSPS) is 17.4. The fraction of sp³-hybridized carbons (Fsp3) is 0.875. The topological polar surface area (TPSA) is 57.6 Å². The second-order valence-corrected chi connectivity index (χ2v) is 6.26. The van der Waals surface area contributed by atoms with Crippen LogP contribution in [0.5, 0.6) is 0 Å². The molecule has 4 heteroatoms. The Morgan fingerprint density at radius 3 is 2.30 bits per heavy atom. The molecule has 0 heterocycles. The van der Waals surface area contributed by atoms with Gasteiger partial charge in [-0.2, -0.15) is 0 Å². The van der Waals surface area contributed by atoms with Gasteiger partial charge in [-0.25, -0.2) is 0 Å². The monoisotopic (exact) mass is 283 g/mol. The van der Waals surface area contributed by atoms with Crippen molar-refractivity contribution in [3.05, 3.63) is 0 Å². The molecule has 0 saturated heterocycles. The Hall–Kier alpha value is -1.06. The van der Waals surface area contributed by atoms with Gasteiger partial charge in [-0.3, -0.25) is 9.59 Å². The summed E-state index contributed by atoms with van der Waals surface area (Å²) in [4.78, 5) is 25.1. The van der Waals surface area contributed by atoms with Crippen molar-refractivity contribution in [2.45, 2.75) is 71.8 Å². The van der Waals surface area contributed by atoms with Crippen molar-refractivity contribution in [1.82, 2.24) is 4.90 Å². The number of carbonyl (C=O) groups is 2. The predicted octanol–water partition coefficient (Wildman–Crippen LogP) is 3.30. The zero-order valence-electron chi connectivity index (χ0n) is 13.1. The van der Waals surface area contributed by atoms with Crippen molar-refractivity contribution >= 4 is 11.9 Å². The van der Waals surface area contributed by atoms with Crippen molar-refractivity contribution in [1.29, 1.82) is 0 Å². The minimum absolute atomic E-state index is 0.0315. The molecule has 1 aliphatic rings. The smallest absolute Gasteiger partial charge is 0.305 e. The third-order valence-corrected chi connectivity index (χ3v) is 4.41. The lowest BCUT2D eigenvalue weighted by Crippen LogP contribution is -2.42. The zero-order valence-corrected chi connectivity index (χ0v) is 13.1. The summed E-state index contributed by atoms with van der Waals surface area (Å²) >= 11 is 0. The molecular formula is C16H29NO3. The number of rotatable bonds is 8. The van der Waals surface area contributed by atoms with Crippen LogP contribution in [0.15, 0.2) is 0 Å². The van der Waals surface area contributed by atoms with E-state index in [9.17, 15) is 9.59 Å². The summed E-state index contributed by atoms with van der Waals surface area (Å²) in [5.74, 6) is 0.0645. The summed E-state index contributed by atoms with van der Waals surface area (Å²) in [6.45, 7) is 6.31. The van der Waals surface area contributed by atoms with Gasteiger partial charge in [0.2, 0.25) is 5.91 Å². The molecule has 4 nitrogen and oxygen atoms in total. The lowest BCUT2D eigenvalue weighted by Gasteiger charge is -2.31. The molecule has 1 amide bonds. The van der Waals surface area contributed by atoms with Gasteiger partial charge in [0.25, 0.3) is 0 Å². The molecule has 1 N–H and O–H groups in total. The Bertz CT molecular complexity index is 322. The molecule has 1 rings (SSSR count). The summed E-state index contributed by atoms with van der Waals surface area (Å²) in [5, 5.41) is 8.81. The molecule has 0 aromatic heterocycles. The molecule has 20 heavy (non-hydrogen) atoms. The van der Waals surface area contributed by atoms with Crippen LogP contribution in [0.25, 0.3) is 0 Å². The fourth-order valence-corrected chi connectivity index (χ4v) is 3.16. The molecule has 0 radical (unpaired) electrons. The summed E-state index contributed by atoms with van der Waals surface area (Å²) in [7, 11) is 0. The van der Waals surface area contributed by atoms with E-state index in [1.165, 1.54) is 25.7 Å². The molecule has 0 aromatic rings. The standard InChI is InChI=1S/C16H29NO3/c1-4-14(11-13-7-5-6-8-13)16(20)17(12(2)3)10-9-15(18)19/h12-14H,4-11H2,1-3H3,(H,18,19). The van der Waals surface area contributed by atoms with Gasteiger partial charge >= 0.3 is 5.97 Å². The number of nitrogens with zero attached hydrogens (tertiary/aromatic N) is 1. The Kier molecular flexibility index (Phi) is 7.03. The number of amides is 1. The molecule has 1 aliphatic carbocycles. The maximum atomic E-state index is 12.6. The molecule has 0 aliphatic heterocycles. The van der Waals surface area contributed by atoms with Crippen molar-refractivity contribution < 1.29 is 14.7 Å². The van der Waals surface area contributed by atoms with E-state index in [0.717, 1.165) is 12.8 Å². The van der Waals surface area contributed by atoms with Crippen LogP contribution in [0.3, 0.4) is 0 Å². The van der Waals surface area contributed by atoms with E-state index in [1.807, 2.05) is 13.8 Å². The van der Waals surface area contributed by atoms with Gasteiger partial charge < -0.3 is 10.0 Å². The highest BCUT2D eigenvalue weighted by molar-refractivity contribution is 5.79. The number of hydrogen-bond donors (Lipinski definition) is 1. The number of carbonyl (C=O) groups excluding carboxylic acids is 1. The van der Waals surface area contributed by atoms with Crippen LogP contribution < -0.4 is 0 Å². The van der Waals surface area contributed by atoms with Gasteiger partial charge in [0, 0.05) is 18.5 Å². The first kappa shape index (κ1) is 17.0. The second-order valence-electron chi connectivity index (χ2n) is 6.26. The minimum Gasteiger partial charge on any atom is -0.481 e. The summed E-state index contributed by atoms with van der Waals surface area (Å²) in [5.41, 5.74) is 0. The highest BCUT2D eigenvalue weighted by Crippen LogP contribution is 2.32. The molecule has 1 unspecified atom stereocenters. The van der Waals surface area contributed by atoms with Gasteiger partial charge in [0.1, 0.15) is 0 Å². The molecule has 1 atom stereocenters. The van der Waals surface area contributed by atoms with Crippen molar-refractivity contribution in [2.75, 3.05) is 6.54 Å². The van der Waals surface area contributed by atoms with Crippen LogP contribution in [0.2, 0.25) is 0 Å². The maximum Gasteiger partial charge on any atom is 0.305 e. The SMILES string of the molecule is CCC(CC1CCCC1)C(=O)N(CCC(=O)O)C(C)C. The largest absolute Gasteiger partial charge is 0.481 e. The van der Waals surface area contributed by atoms with Crippen LogP contribution >= 0.6 is 0 Å². The number of carboxylic acids is 1. The Morgan fingerprint density at radius 1 is 1.25 bits per heavy atom. The van der Waals surface area contributed by atoms with Gasteiger partial charge in [-0.15, -0.1) is 0 Å². The second kappa shape index (κ2) is 8.28. The molecule has 0 aromatic carbocycles. The van der Waals surface area contributed by atoms with Crippen LogP contribution in [0, 0.1) is 11.8 Å². The van der Waals surface area contributed by atoms with E-state index in [1.54, 1.807) is 4.90 Å². The molecule has 1 fully saturated rings. The van der Waals surface area contributed by atoms with Crippen LogP contribution in [-0.4, -0.2) is 34.5 Å². The predicted molar refractivity (Wildman–Crippen MR) is 79.5 cm³/mol. The van der Waals surface area contributed by atoms with E-state index in [-0.39, 0.29) is 24.3 Å². The average Bonchev–Trinajstić information content (AvgIpc) is 2.87. The fourth-order valence-electron chi connectivity index (χ4n) is 3.16. The van der Waals surface area contributed by atoms with Crippen LogP contribution in [0.1, 0.15) is 65.7 Å². The highest BCUT2D eigenvalue weighted by atomic mass is 16.4. The Balaban J connectivity index is 2.61. The minimum atomic E-state index is -0.840. The van der Waals surface area contributed by atoms with Crippen molar-refractivity contribution in [3.8, 4) is 0 Å². The Morgan fingerprint density at radius 2 is 1.85 bits per heavy atom. The van der Waals surface area contributed by atoms with E-state index in [2.05, 4.69) is 6.92 Å². The van der Waals surface area contributed by atoms with Crippen molar-refractivity contribution in [3.63, 3.8) is 0 Å². The first-order valence-electron chi connectivity index (χ1n) is 7.98. The summed E-state index contributed by atoms with van der Waals surface area (Å²) in [6.07, 6.45) is 6.95. The summed E-state index contributed by atoms with van der Waals surface area (Å²) < 4.78 is 0. The lowest BCUT2D eigenvalue weighted by atomic mass is 9.90. The average molecular weight is 283 g/mol. The van der Waals surface area contributed by atoms with E-state index >= 15 is 0 Å². The molecule has 116 valence electrons. The summed E-state index contributed by atoms with van der Waals surface area (Å²) in [6, 6.07) is 0.0690. The number of carboxylic acid groups (broad SMARTS) is 1. The third kappa shape index (κ3) is 5.14. The van der Waals surface area contributed by atoms with E-state index in [0.29, 0.717) is 12.5 Å². The molecular weight excluding hydrogens is 254 g/mol. The first-order valence-corrected chi connectivity index (χ1v) is 7.98. The van der Waals surface area contributed by atoms with E-state index < -0.39 is 5.97 Å². The quantitative estimate of drug-likeness (QED) is 0.743. The maximum absolute atomic E-state index is 12.6. The third-order valence-electron chi connectivity index (χ3n) is 4.41. The van der Waals surface area contributed by atoms with Crippen LogP contribution in [-0.2, 0) is 9.59 Å². The zero-order chi connectivity index (χ0) is 15.1. The van der Waals surface area contributed by atoms with Gasteiger partial charge in [-0.05, 0) is 32.6 Å². The van der Waals surface area contributed by atoms with Gasteiger partial charge in [-0.1, -0.05) is 32.6 Å².